The van der Waals surface area contributed by atoms with Crippen LogP contribution in [0, 0.1) is 29.1 Å². The highest BCUT2D eigenvalue weighted by Crippen LogP contribution is 2.40. The van der Waals surface area contributed by atoms with E-state index < -0.39 is 15.6 Å². The molecule has 1 aromatic carbocycles. The molecule has 43 heavy (non-hydrogen) atoms. The van der Waals surface area contributed by atoms with Gasteiger partial charge >= 0.3 is 5.97 Å². The van der Waals surface area contributed by atoms with Crippen LogP contribution in [-0.2, 0) is 30.9 Å². The van der Waals surface area contributed by atoms with Gasteiger partial charge in [0.25, 0.3) is 0 Å². The number of carbonyl (C=O) groups excluding carboxylic acids is 2. The molecule has 6 rings (SSSR count). The van der Waals surface area contributed by atoms with Crippen LogP contribution in [0.3, 0.4) is 0 Å². The molecule has 234 valence electrons. The van der Waals surface area contributed by atoms with E-state index in [-0.39, 0.29) is 60.5 Å². The van der Waals surface area contributed by atoms with E-state index in [0.717, 1.165) is 43.4 Å². The summed E-state index contributed by atoms with van der Waals surface area (Å²) in [4.78, 5) is 26.0. The zero-order chi connectivity index (χ0) is 30.5. The van der Waals surface area contributed by atoms with Gasteiger partial charge in [-0.15, -0.1) is 0 Å². The van der Waals surface area contributed by atoms with Gasteiger partial charge in [0.05, 0.1) is 28.7 Å². The molecule has 5 aliphatic rings. The number of hydrogen-bond donors (Lipinski definition) is 3. The van der Waals surface area contributed by atoms with Crippen molar-refractivity contribution in [3.8, 4) is 6.07 Å². The highest BCUT2D eigenvalue weighted by atomic mass is 32.2. The highest BCUT2D eigenvalue weighted by molar-refractivity contribution is 7.89. The predicted molar refractivity (Wildman–Crippen MR) is 159 cm³/mol. The Bertz CT molecular complexity index is 1400. The number of nitrogens with zero attached hydrogens (tertiary/aromatic N) is 3. The van der Waals surface area contributed by atoms with Crippen molar-refractivity contribution in [1.29, 1.82) is 5.26 Å². The molecule has 2 aliphatic carbocycles. The molecule has 3 N–H and O–H groups in total. The molecule has 3 aliphatic heterocycles. The average molecular weight is 613 g/mol. The fourth-order valence-electron chi connectivity index (χ4n) is 7.81. The van der Waals surface area contributed by atoms with Gasteiger partial charge in [-0.1, -0.05) is 12.8 Å². The Labute approximate surface area is 254 Å². The quantitative estimate of drug-likeness (QED) is 0.427. The molecule has 12 heteroatoms. The number of hydrogen-bond acceptors (Lipinski definition) is 9. The molecular formula is C31H44N6O5S. The Morgan fingerprint density at radius 1 is 1.07 bits per heavy atom. The van der Waals surface area contributed by atoms with Crippen molar-refractivity contribution < 1.29 is 22.7 Å². The number of carbonyl (C=O) groups is 2. The topological polar surface area (TPSA) is 144 Å². The summed E-state index contributed by atoms with van der Waals surface area (Å²) < 4.78 is 34.3. The SMILES string of the molecule is CC(C)(C)OC(=O)C1CCC(N2Cc3cc(NC4NN([C@H]5CCCC[C@@H]5C#N)C5CCNC(=O)C45)ccc3S2(=O)=O)CC1. The number of benzene rings is 1. The lowest BCUT2D eigenvalue weighted by Crippen LogP contribution is -2.54. The normalized spacial score (nSPS) is 34.5. The van der Waals surface area contributed by atoms with Crippen LogP contribution in [0.1, 0.15) is 84.1 Å². The lowest BCUT2D eigenvalue weighted by atomic mass is 9.83. The number of esters is 1. The van der Waals surface area contributed by atoms with Crippen LogP contribution in [0.25, 0.3) is 0 Å². The van der Waals surface area contributed by atoms with E-state index in [1.807, 2.05) is 26.8 Å². The van der Waals surface area contributed by atoms with Gasteiger partial charge in [0.15, 0.2) is 0 Å². The number of fused-ring (bicyclic) bond motifs is 2. The summed E-state index contributed by atoms with van der Waals surface area (Å²) in [5, 5.41) is 18.5. The number of hydrazine groups is 1. The van der Waals surface area contributed by atoms with Crippen LogP contribution in [0.4, 0.5) is 5.69 Å². The molecule has 5 atom stereocenters. The maximum Gasteiger partial charge on any atom is 0.309 e. The highest BCUT2D eigenvalue weighted by Gasteiger charge is 2.51. The van der Waals surface area contributed by atoms with Crippen molar-refractivity contribution in [3.05, 3.63) is 23.8 Å². The van der Waals surface area contributed by atoms with Crippen LogP contribution in [-0.4, -0.2) is 66.0 Å². The summed E-state index contributed by atoms with van der Waals surface area (Å²) in [6, 6.07) is 7.72. The van der Waals surface area contributed by atoms with Gasteiger partial charge in [-0.3, -0.25) is 9.59 Å². The summed E-state index contributed by atoms with van der Waals surface area (Å²) in [5.41, 5.74) is 4.51. The molecule has 2 saturated heterocycles. The van der Waals surface area contributed by atoms with Gasteiger partial charge in [0, 0.05) is 36.9 Å². The summed E-state index contributed by atoms with van der Waals surface area (Å²) in [6.45, 7) is 6.47. The van der Waals surface area contributed by atoms with E-state index in [1.165, 1.54) is 0 Å². The number of piperidine rings is 1. The fourth-order valence-corrected chi connectivity index (χ4v) is 9.67. The minimum atomic E-state index is -3.65. The van der Waals surface area contributed by atoms with Gasteiger partial charge in [-0.2, -0.15) is 9.57 Å². The minimum Gasteiger partial charge on any atom is -0.460 e. The van der Waals surface area contributed by atoms with E-state index in [1.54, 1.807) is 16.4 Å². The fraction of sp³-hybridized carbons (Fsp3) is 0.710. The third-order valence-electron chi connectivity index (χ3n) is 9.85. The Hall–Kier alpha value is -2.72. The first-order valence-electron chi connectivity index (χ1n) is 15.8. The number of sulfonamides is 1. The smallest absolute Gasteiger partial charge is 0.309 e. The van der Waals surface area contributed by atoms with Crippen LogP contribution >= 0.6 is 0 Å². The largest absolute Gasteiger partial charge is 0.460 e. The maximum absolute atomic E-state index is 13.6. The second-order valence-electron chi connectivity index (χ2n) is 13.8. The first kappa shape index (κ1) is 30.3. The Balaban J connectivity index is 1.15. The molecule has 0 aromatic heterocycles. The number of rotatable bonds is 5. The summed E-state index contributed by atoms with van der Waals surface area (Å²) in [6.07, 6.45) is 6.81. The van der Waals surface area contributed by atoms with Crippen molar-refractivity contribution in [1.82, 2.24) is 20.1 Å². The number of amides is 1. The molecule has 0 spiro atoms. The lowest BCUT2D eigenvalue weighted by molar-refractivity contribution is -0.161. The molecule has 3 heterocycles. The van der Waals surface area contributed by atoms with Crippen molar-refractivity contribution in [2.45, 2.75) is 120 Å². The standard InChI is InChI=1S/C31H44N6O5S/c1-31(2,3)42-30(39)19-8-11-23(12-9-19)36-18-21-16-22(10-13-26(21)43(36,40)41)34-28-27-25(14-15-33-29(27)38)37(35-28)24-7-5-4-6-20(24)17-32/h10,13,16,19-20,23-25,27-28,34-35H,4-9,11-12,14-15,18H2,1-3H3,(H,33,38)/t19?,20-,23?,24+,25?,27?,28?/m1/s1. The third-order valence-corrected chi connectivity index (χ3v) is 11.9. The van der Waals surface area contributed by atoms with Crippen molar-refractivity contribution in [3.63, 3.8) is 0 Å². The van der Waals surface area contributed by atoms with Crippen LogP contribution in [0.5, 0.6) is 0 Å². The molecule has 2 saturated carbocycles. The van der Waals surface area contributed by atoms with Crippen LogP contribution in [0.2, 0.25) is 0 Å². The zero-order valence-electron chi connectivity index (χ0n) is 25.3. The first-order chi connectivity index (χ1) is 20.5. The number of nitrogens with one attached hydrogen (secondary N) is 3. The lowest BCUT2D eigenvalue weighted by Gasteiger charge is -2.39. The second kappa shape index (κ2) is 11.7. The molecule has 0 bridgehead atoms. The second-order valence-corrected chi connectivity index (χ2v) is 15.7. The number of ether oxygens (including phenoxy) is 1. The molecule has 1 amide bonds. The summed E-state index contributed by atoms with van der Waals surface area (Å²) in [5.74, 6) is -0.807. The van der Waals surface area contributed by atoms with Crippen molar-refractivity contribution in [2.75, 3.05) is 11.9 Å². The number of nitriles is 1. The Kier molecular flexibility index (Phi) is 8.21. The van der Waals surface area contributed by atoms with E-state index in [9.17, 15) is 23.3 Å². The zero-order valence-corrected chi connectivity index (χ0v) is 26.2. The Morgan fingerprint density at radius 2 is 1.81 bits per heavy atom. The molecule has 11 nitrogen and oxygen atoms in total. The van der Waals surface area contributed by atoms with Gasteiger partial charge in [-0.05, 0) is 89.5 Å². The summed E-state index contributed by atoms with van der Waals surface area (Å²) >= 11 is 0. The maximum atomic E-state index is 13.6. The van der Waals surface area contributed by atoms with Gasteiger partial charge in [0.1, 0.15) is 11.8 Å². The Morgan fingerprint density at radius 3 is 2.53 bits per heavy atom. The molecule has 4 fully saturated rings. The van der Waals surface area contributed by atoms with Gasteiger partial charge in [0.2, 0.25) is 15.9 Å². The predicted octanol–water partition coefficient (Wildman–Crippen LogP) is 3.24. The summed E-state index contributed by atoms with van der Waals surface area (Å²) in [7, 11) is -3.65. The van der Waals surface area contributed by atoms with E-state index in [4.69, 9.17) is 4.74 Å². The van der Waals surface area contributed by atoms with Crippen molar-refractivity contribution in [2.24, 2.45) is 17.8 Å². The van der Waals surface area contributed by atoms with Crippen LogP contribution < -0.4 is 16.1 Å². The van der Waals surface area contributed by atoms with E-state index in [0.29, 0.717) is 37.1 Å². The van der Waals surface area contributed by atoms with E-state index >= 15 is 0 Å². The minimum absolute atomic E-state index is 0.00805. The molecule has 1 aromatic rings. The van der Waals surface area contributed by atoms with Crippen LogP contribution in [0.15, 0.2) is 23.1 Å². The van der Waals surface area contributed by atoms with Gasteiger partial charge in [-0.25, -0.2) is 18.9 Å². The third kappa shape index (κ3) is 5.89. The van der Waals surface area contributed by atoms with E-state index in [2.05, 4.69) is 27.1 Å². The molecular weight excluding hydrogens is 568 g/mol. The molecule has 3 unspecified atom stereocenters. The first-order valence-corrected chi connectivity index (χ1v) is 17.3. The molecule has 0 radical (unpaired) electrons. The number of anilines is 1. The monoisotopic (exact) mass is 612 g/mol. The van der Waals surface area contributed by atoms with Gasteiger partial charge < -0.3 is 15.4 Å². The van der Waals surface area contributed by atoms with Crippen molar-refractivity contribution >= 4 is 27.6 Å². The average Bonchev–Trinajstić information content (AvgIpc) is 3.46.